The molecule has 4 atom stereocenters. The van der Waals surface area contributed by atoms with Gasteiger partial charge >= 0.3 is 6.18 Å². The predicted molar refractivity (Wildman–Crippen MR) is 167 cm³/mol. The molecule has 0 radical (unpaired) electrons. The molecule has 0 aliphatic carbocycles. The molecule has 10 nitrogen and oxygen atoms in total. The Morgan fingerprint density at radius 3 is 2.47 bits per heavy atom. The predicted octanol–water partition coefficient (Wildman–Crippen LogP) is 5.22. The summed E-state index contributed by atoms with van der Waals surface area (Å²) < 4.78 is 92.3. The number of aliphatic hydroxyl groups is 1. The molecule has 3 rings (SSSR count). The minimum atomic E-state index is -4.47. The highest BCUT2D eigenvalue weighted by atomic mass is 32.2. The second-order valence-corrected chi connectivity index (χ2v) is 13.6. The van der Waals surface area contributed by atoms with Crippen LogP contribution in [0.1, 0.15) is 63.2 Å². The fourth-order valence-corrected chi connectivity index (χ4v) is 6.14. The van der Waals surface area contributed by atoms with Gasteiger partial charge in [0.1, 0.15) is 11.6 Å². The number of sulfonamides is 1. The van der Waals surface area contributed by atoms with Gasteiger partial charge in [0, 0.05) is 44.8 Å². The number of hydrogen-bond donors (Lipinski definition) is 2. The highest BCUT2D eigenvalue weighted by molar-refractivity contribution is 7.92. The minimum absolute atomic E-state index is 0.0151. The van der Waals surface area contributed by atoms with Crippen molar-refractivity contribution in [3.05, 3.63) is 53.8 Å². The monoisotopic (exact) mass is 689 g/mol. The number of likely N-dealkylation sites (N-methyl/N-ethyl adjacent to an activating group) is 1. The van der Waals surface area contributed by atoms with E-state index in [0.29, 0.717) is 25.9 Å². The van der Waals surface area contributed by atoms with Gasteiger partial charge in [-0.15, -0.1) is 0 Å². The van der Waals surface area contributed by atoms with Gasteiger partial charge in [0.05, 0.1) is 41.7 Å². The number of alkyl halides is 3. The SMILES string of the molecule is C[C@H](CO)N1C[C@H](C)[C@H](CN(C)C(=O)CCC(F)(F)F)OCCCC[C@H](C)Oc2ccc(NS(=O)(=O)c3ccc(F)cc3)cc2C1=O. The number of fused-ring (bicyclic) bond motifs is 1. The molecular weight excluding hydrogens is 646 g/mol. The van der Waals surface area contributed by atoms with Crippen LogP contribution in [0.4, 0.5) is 23.2 Å². The lowest BCUT2D eigenvalue weighted by molar-refractivity contribution is -0.149. The zero-order valence-corrected chi connectivity index (χ0v) is 27.7. The van der Waals surface area contributed by atoms with Gasteiger partial charge in [-0.3, -0.25) is 14.3 Å². The zero-order chi connectivity index (χ0) is 34.9. The van der Waals surface area contributed by atoms with E-state index >= 15 is 0 Å². The second-order valence-electron chi connectivity index (χ2n) is 12.0. The number of carbonyl (C=O) groups excluding carboxylic acids is 2. The standard InChI is InChI=1S/C32H43F4N3O7S/c1-21-18-39(22(2)20-40)31(42)27-17-25(37-47(43,44)26-11-8-24(33)9-12-26)10-13-28(27)46-23(3)7-5-6-16-45-29(21)19-38(4)30(41)14-15-32(34,35)36/h8-13,17,21-23,29,37,40H,5-7,14-16,18-20H2,1-4H3/t21-,22+,23-,29-/m0/s1. The van der Waals surface area contributed by atoms with Crippen LogP contribution in [0.25, 0.3) is 0 Å². The van der Waals surface area contributed by atoms with Gasteiger partial charge in [-0.2, -0.15) is 13.2 Å². The zero-order valence-electron chi connectivity index (χ0n) is 26.9. The van der Waals surface area contributed by atoms with Gasteiger partial charge in [-0.05, 0) is 75.6 Å². The first-order valence-electron chi connectivity index (χ1n) is 15.4. The van der Waals surface area contributed by atoms with Crippen molar-refractivity contribution in [2.45, 2.75) is 82.2 Å². The van der Waals surface area contributed by atoms with Crippen molar-refractivity contribution in [1.29, 1.82) is 0 Å². The molecule has 1 heterocycles. The van der Waals surface area contributed by atoms with Crippen LogP contribution < -0.4 is 9.46 Å². The first-order valence-corrected chi connectivity index (χ1v) is 16.9. The van der Waals surface area contributed by atoms with Crippen molar-refractivity contribution < 1.29 is 50.1 Å². The molecule has 262 valence electrons. The molecule has 0 unspecified atom stereocenters. The summed E-state index contributed by atoms with van der Waals surface area (Å²) in [4.78, 5) is 29.1. The molecule has 2 N–H and O–H groups in total. The Balaban J connectivity index is 1.95. The van der Waals surface area contributed by atoms with E-state index in [4.69, 9.17) is 9.47 Å². The summed E-state index contributed by atoms with van der Waals surface area (Å²) in [7, 11) is -2.74. The van der Waals surface area contributed by atoms with Crippen molar-refractivity contribution in [3.8, 4) is 5.75 Å². The largest absolute Gasteiger partial charge is 0.490 e. The Morgan fingerprint density at radius 2 is 1.83 bits per heavy atom. The Labute approximate surface area is 273 Å². The van der Waals surface area contributed by atoms with E-state index in [9.17, 15) is 40.7 Å². The number of nitrogens with one attached hydrogen (secondary N) is 1. The molecule has 47 heavy (non-hydrogen) atoms. The number of anilines is 1. The lowest BCUT2D eigenvalue weighted by Crippen LogP contribution is -2.48. The topological polar surface area (TPSA) is 125 Å². The lowest BCUT2D eigenvalue weighted by Gasteiger charge is -2.36. The quantitative estimate of drug-likeness (QED) is 0.346. The molecule has 15 heteroatoms. The summed E-state index contributed by atoms with van der Waals surface area (Å²) in [6.45, 7) is 5.14. The summed E-state index contributed by atoms with van der Waals surface area (Å²) in [5, 5.41) is 10.1. The maximum absolute atomic E-state index is 14.2. The molecule has 0 saturated carbocycles. The number of halogens is 4. The fraction of sp³-hybridized carbons (Fsp3) is 0.562. The molecule has 2 aromatic carbocycles. The van der Waals surface area contributed by atoms with Gasteiger partial charge in [-0.25, -0.2) is 12.8 Å². The van der Waals surface area contributed by atoms with Crippen molar-refractivity contribution in [3.63, 3.8) is 0 Å². The van der Waals surface area contributed by atoms with Crippen molar-refractivity contribution in [1.82, 2.24) is 9.80 Å². The van der Waals surface area contributed by atoms with Gasteiger partial charge in [0.2, 0.25) is 5.91 Å². The number of ether oxygens (including phenoxy) is 2. The average Bonchev–Trinajstić information content (AvgIpc) is 3.00. The molecule has 2 amide bonds. The van der Waals surface area contributed by atoms with Crippen LogP contribution in [-0.2, 0) is 19.6 Å². The van der Waals surface area contributed by atoms with Crippen LogP contribution in [-0.4, -0.2) is 92.9 Å². The minimum Gasteiger partial charge on any atom is -0.490 e. The number of carbonyl (C=O) groups is 2. The van der Waals surface area contributed by atoms with Crippen molar-refractivity contribution >= 4 is 27.5 Å². The van der Waals surface area contributed by atoms with E-state index in [2.05, 4.69) is 4.72 Å². The van der Waals surface area contributed by atoms with Gasteiger partial charge < -0.3 is 24.4 Å². The number of amides is 2. The van der Waals surface area contributed by atoms with E-state index in [-0.39, 0.29) is 41.1 Å². The molecule has 1 aliphatic heterocycles. The van der Waals surface area contributed by atoms with Gasteiger partial charge in [-0.1, -0.05) is 6.92 Å². The van der Waals surface area contributed by atoms with Crippen LogP contribution in [0.2, 0.25) is 0 Å². The van der Waals surface area contributed by atoms with E-state index in [1.54, 1.807) is 13.8 Å². The lowest BCUT2D eigenvalue weighted by atomic mass is 10.0. The van der Waals surface area contributed by atoms with Crippen molar-refractivity contribution in [2.24, 2.45) is 5.92 Å². The van der Waals surface area contributed by atoms with Gasteiger partial charge in [0.25, 0.3) is 15.9 Å². The number of nitrogens with zero attached hydrogens (tertiary/aromatic N) is 2. The first kappa shape index (κ1) is 38.0. The molecule has 1 aliphatic rings. The Morgan fingerprint density at radius 1 is 1.15 bits per heavy atom. The first-order chi connectivity index (χ1) is 22.0. The highest BCUT2D eigenvalue weighted by Crippen LogP contribution is 2.30. The van der Waals surface area contributed by atoms with Crippen LogP contribution in [0.3, 0.4) is 0 Å². The van der Waals surface area contributed by atoms with Crippen LogP contribution in [0.5, 0.6) is 5.75 Å². The fourth-order valence-electron chi connectivity index (χ4n) is 5.09. The number of aliphatic hydroxyl groups excluding tert-OH is 1. The molecule has 0 saturated heterocycles. The summed E-state index contributed by atoms with van der Waals surface area (Å²) in [5.41, 5.74) is 0.0706. The number of rotatable bonds is 9. The van der Waals surface area contributed by atoms with E-state index in [1.807, 2.05) is 6.92 Å². The third-order valence-electron chi connectivity index (χ3n) is 7.93. The van der Waals surface area contributed by atoms with Crippen LogP contribution in [0.15, 0.2) is 47.4 Å². The maximum atomic E-state index is 14.2. The van der Waals surface area contributed by atoms with E-state index in [0.717, 1.165) is 24.3 Å². The molecule has 0 spiro atoms. The average molecular weight is 690 g/mol. The van der Waals surface area contributed by atoms with Crippen molar-refractivity contribution in [2.75, 3.05) is 38.1 Å². The molecule has 0 aromatic heterocycles. The smallest absolute Gasteiger partial charge is 0.389 e. The Bertz CT molecular complexity index is 1460. The normalized spacial score (nSPS) is 20.8. The number of hydrogen-bond acceptors (Lipinski definition) is 7. The molecule has 0 fully saturated rings. The highest BCUT2D eigenvalue weighted by Gasteiger charge is 2.32. The van der Waals surface area contributed by atoms with Crippen LogP contribution in [0, 0.1) is 11.7 Å². The molecule has 0 bridgehead atoms. The third kappa shape index (κ3) is 11.4. The Kier molecular flexibility index (Phi) is 13.4. The second kappa shape index (κ2) is 16.6. The Hall–Kier alpha value is -3.43. The molecule has 2 aromatic rings. The third-order valence-corrected chi connectivity index (χ3v) is 9.33. The summed E-state index contributed by atoms with van der Waals surface area (Å²) in [6.07, 6.45) is -5.50. The maximum Gasteiger partial charge on any atom is 0.389 e. The summed E-state index contributed by atoms with van der Waals surface area (Å²) in [5.74, 6) is -2.11. The molecular formula is C32H43F4N3O7S. The summed E-state index contributed by atoms with van der Waals surface area (Å²) >= 11 is 0. The summed E-state index contributed by atoms with van der Waals surface area (Å²) in [6, 6.07) is 7.79. The van der Waals surface area contributed by atoms with E-state index < -0.39 is 71.3 Å². The van der Waals surface area contributed by atoms with E-state index in [1.165, 1.54) is 35.0 Å². The van der Waals surface area contributed by atoms with Crippen LogP contribution >= 0.6 is 0 Å². The van der Waals surface area contributed by atoms with Gasteiger partial charge in [0.15, 0.2) is 0 Å². The number of benzene rings is 2.